The molecule has 0 saturated carbocycles. The zero-order chi connectivity index (χ0) is 15.6. The third-order valence-corrected chi connectivity index (χ3v) is 4.96. The summed E-state index contributed by atoms with van der Waals surface area (Å²) in [6.45, 7) is 6.70. The molecule has 112 valence electrons. The van der Waals surface area contributed by atoms with E-state index in [4.69, 9.17) is 9.84 Å². The highest BCUT2D eigenvalue weighted by Crippen LogP contribution is 2.27. The Kier molecular flexibility index (Phi) is 4.88. The van der Waals surface area contributed by atoms with Crippen molar-refractivity contribution < 1.29 is 14.6 Å². The largest absolute Gasteiger partial charge is 0.486 e. The summed E-state index contributed by atoms with van der Waals surface area (Å²) in [5.41, 5.74) is 1.11. The van der Waals surface area contributed by atoms with Crippen LogP contribution in [-0.4, -0.2) is 16.1 Å². The summed E-state index contributed by atoms with van der Waals surface area (Å²) in [6, 6.07) is 4.85. The fourth-order valence-electron chi connectivity index (χ4n) is 1.62. The molecule has 1 aromatic heterocycles. The molecule has 0 fully saturated rings. The van der Waals surface area contributed by atoms with Crippen molar-refractivity contribution in [2.45, 2.75) is 32.8 Å². The molecular weight excluding hydrogens is 401 g/mol. The van der Waals surface area contributed by atoms with Crippen molar-refractivity contribution in [1.29, 1.82) is 0 Å². The number of nitrogens with zero attached hydrogens (tertiary/aromatic N) is 1. The van der Waals surface area contributed by atoms with Crippen molar-refractivity contribution in [3.05, 3.63) is 43.4 Å². The molecule has 1 heterocycles. The Bertz CT molecular complexity index is 661. The van der Waals surface area contributed by atoms with Gasteiger partial charge in [0, 0.05) is 10.8 Å². The molecule has 0 atom stereocenters. The molecule has 0 spiro atoms. The molecule has 0 aliphatic carbocycles. The number of carboxylic acids is 1. The minimum atomic E-state index is -0.958. The van der Waals surface area contributed by atoms with Gasteiger partial charge in [-0.25, -0.2) is 9.78 Å². The molecule has 0 radical (unpaired) electrons. The first-order valence-electron chi connectivity index (χ1n) is 6.38. The summed E-state index contributed by atoms with van der Waals surface area (Å²) in [7, 11) is 0. The van der Waals surface area contributed by atoms with Gasteiger partial charge in [-0.3, -0.25) is 0 Å². The van der Waals surface area contributed by atoms with Crippen molar-refractivity contribution in [3.8, 4) is 5.75 Å². The fraction of sp³-hybridized carbons (Fsp3) is 0.333. The van der Waals surface area contributed by atoms with Gasteiger partial charge in [0.2, 0.25) is 0 Å². The van der Waals surface area contributed by atoms with Crippen LogP contribution in [0, 0.1) is 3.57 Å². The first-order valence-corrected chi connectivity index (χ1v) is 8.34. The Morgan fingerprint density at radius 1 is 1.43 bits per heavy atom. The van der Waals surface area contributed by atoms with E-state index in [2.05, 4.69) is 48.3 Å². The van der Waals surface area contributed by atoms with E-state index in [1.165, 1.54) is 0 Å². The second-order valence-corrected chi connectivity index (χ2v) is 7.65. The molecular formula is C15H16INO3S. The van der Waals surface area contributed by atoms with Crippen LogP contribution in [0.2, 0.25) is 0 Å². The lowest BCUT2D eigenvalue weighted by atomic mass is 9.98. The summed E-state index contributed by atoms with van der Waals surface area (Å²) in [6.07, 6.45) is 0. The van der Waals surface area contributed by atoms with Crippen LogP contribution >= 0.6 is 33.9 Å². The van der Waals surface area contributed by atoms with Crippen molar-refractivity contribution in [3.63, 3.8) is 0 Å². The van der Waals surface area contributed by atoms with E-state index >= 15 is 0 Å². The average molecular weight is 417 g/mol. The zero-order valence-corrected chi connectivity index (χ0v) is 15.0. The lowest BCUT2D eigenvalue weighted by molar-refractivity contribution is 0.0696. The standard InChI is InChI=1S/C15H16INO3S/c1-15(2,3)14-17-10(8-21-14)7-20-12-6-9(13(18)19)4-5-11(12)16/h4-6,8H,7H2,1-3H3,(H,18,19). The molecule has 1 aromatic carbocycles. The number of hydrogen-bond donors (Lipinski definition) is 1. The smallest absolute Gasteiger partial charge is 0.335 e. The van der Waals surface area contributed by atoms with Crippen molar-refractivity contribution in [2.24, 2.45) is 0 Å². The predicted octanol–water partition coefficient (Wildman–Crippen LogP) is 4.32. The third-order valence-electron chi connectivity index (χ3n) is 2.75. The van der Waals surface area contributed by atoms with Gasteiger partial charge in [0.25, 0.3) is 0 Å². The second kappa shape index (κ2) is 6.31. The quantitative estimate of drug-likeness (QED) is 0.753. The summed E-state index contributed by atoms with van der Waals surface area (Å²) >= 11 is 3.74. The first kappa shape index (κ1) is 16.2. The molecule has 1 N–H and O–H groups in total. The highest BCUT2D eigenvalue weighted by atomic mass is 127. The van der Waals surface area contributed by atoms with Crippen LogP contribution in [0.3, 0.4) is 0 Å². The maximum atomic E-state index is 11.0. The summed E-state index contributed by atoms with van der Waals surface area (Å²) in [5.74, 6) is -0.388. The lowest BCUT2D eigenvalue weighted by Gasteiger charge is -2.13. The highest BCUT2D eigenvalue weighted by Gasteiger charge is 2.18. The Morgan fingerprint density at radius 2 is 2.14 bits per heavy atom. The van der Waals surface area contributed by atoms with Crippen LogP contribution in [-0.2, 0) is 12.0 Å². The van der Waals surface area contributed by atoms with Gasteiger partial charge in [-0.05, 0) is 40.8 Å². The molecule has 0 bridgehead atoms. The topological polar surface area (TPSA) is 59.4 Å². The van der Waals surface area contributed by atoms with Gasteiger partial charge in [0.05, 0.1) is 19.8 Å². The zero-order valence-electron chi connectivity index (χ0n) is 12.0. The van der Waals surface area contributed by atoms with Gasteiger partial charge >= 0.3 is 5.97 Å². The minimum absolute atomic E-state index is 0.0283. The lowest BCUT2D eigenvalue weighted by Crippen LogP contribution is -2.10. The number of halogens is 1. The first-order chi connectivity index (χ1) is 9.77. The van der Waals surface area contributed by atoms with Gasteiger partial charge in [0.1, 0.15) is 12.4 Å². The SMILES string of the molecule is CC(C)(C)c1nc(COc2cc(C(=O)O)ccc2I)cs1. The van der Waals surface area contributed by atoms with Crippen molar-refractivity contribution in [1.82, 2.24) is 4.98 Å². The number of ether oxygens (including phenoxy) is 1. The van der Waals surface area contributed by atoms with E-state index < -0.39 is 5.97 Å². The van der Waals surface area contributed by atoms with E-state index in [0.717, 1.165) is 14.3 Å². The molecule has 4 nitrogen and oxygen atoms in total. The Balaban J connectivity index is 2.11. The molecule has 0 aliphatic heterocycles. The number of carbonyl (C=O) groups is 1. The van der Waals surface area contributed by atoms with Gasteiger partial charge < -0.3 is 9.84 Å². The molecule has 0 unspecified atom stereocenters. The number of hydrogen-bond acceptors (Lipinski definition) is 4. The highest BCUT2D eigenvalue weighted by molar-refractivity contribution is 14.1. The molecule has 2 rings (SSSR count). The van der Waals surface area contributed by atoms with Crippen LogP contribution in [0.1, 0.15) is 41.8 Å². The van der Waals surface area contributed by atoms with E-state index in [1.807, 2.05) is 5.38 Å². The van der Waals surface area contributed by atoms with Crippen molar-refractivity contribution >= 4 is 39.9 Å². The fourth-order valence-corrected chi connectivity index (χ4v) is 3.00. The minimum Gasteiger partial charge on any atom is -0.486 e. The van der Waals surface area contributed by atoms with Crippen LogP contribution < -0.4 is 4.74 Å². The Labute approximate surface area is 141 Å². The number of rotatable bonds is 4. The summed E-state index contributed by atoms with van der Waals surface area (Å²) in [5, 5.41) is 12.1. The average Bonchev–Trinajstić information content (AvgIpc) is 2.86. The predicted molar refractivity (Wildman–Crippen MR) is 91.3 cm³/mol. The normalized spacial score (nSPS) is 11.4. The monoisotopic (exact) mass is 417 g/mol. The number of thiazole rings is 1. The number of aromatic carboxylic acids is 1. The Hall–Kier alpha value is -1.15. The van der Waals surface area contributed by atoms with Crippen LogP contribution in [0.15, 0.2) is 23.6 Å². The van der Waals surface area contributed by atoms with Gasteiger partial charge in [-0.1, -0.05) is 20.8 Å². The van der Waals surface area contributed by atoms with E-state index in [0.29, 0.717) is 12.4 Å². The van der Waals surface area contributed by atoms with Gasteiger partial charge in [0.15, 0.2) is 0 Å². The summed E-state index contributed by atoms with van der Waals surface area (Å²) < 4.78 is 6.59. The van der Waals surface area contributed by atoms with E-state index in [-0.39, 0.29) is 11.0 Å². The molecule has 0 saturated heterocycles. The molecule has 6 heteroatoms. The Morgan fingerprint density at radius 3 is 2.71 bits per heavy atom. The summed E-state index contributed by atoms with van der Waals surface area (Å²) in [4.78, 5) is 15.5. The maximum absolute atomic E-state index is 11.0. The molecule has 0 aliphatic rings. The van der Waals surface area contributed by atoms with Crippen LogP contribution in [0.25, 0.3) is 0 Å². The van der Waals surface area contributed by atoms with Crippen LogP contribution in [0.4, 0.5) is 0 Å². The number of aromatic nitrogens is 1. The van der Waals surface area contributed by atoms with E-state index in [9.17, 15) is 4.79 Å². The second-order valence-electron chi connectivity index (χ2n) is 5.63. The molecule has 21 heavy (non-hydrogen) atoms. The third kappa shape index (κ3) is 4.16. The number of carboxylic acid groups (broad SMARTS) is 1. The van der Waals surface area contributed by atoms with Gasteiger partial charge in [-0.15, -0.1) is 11.3 Å². The number of benzene rings is 1. The maximum Gasteiger partial charge on any atom is 0.335 e. The van der Waals surface area contributed by atoms with Gasteiger partial charge in [-0.2, -0.15) is 0 Å². The van der Waals surface area contributed by atoms with Crippen LogP contribution in [0.5, 0.6) is 5.75 Å². The molecule has 2 aromatic rings. The van der Waals surface area contributed by atoms with E-state index in [1.54, 1.807) is 29.5 Å². The molecule has 0 amide bonds. The van der Waals surface area contributed by atoms with Crippen molar-refractivity contribution in [2.75, 3.05) is 0 Å².